The van der Waals surface area contributed by atoms with E-state index in [1.54, 1.807) is 18.2 Å². The third-order valence-electron chi connectivity index (χ3n) is 6.09. The molecule has 2 aliphatic heterocycles. The van der Waals surface area contributed by atoms with Crippen LogP contribution in [0.25, 0.3) is 0 Å². The number of aliphatic carboxylic acids is 1. The zero-order valence-electron chi connectivity index (χ0n) is 17.7. The smallest absolute Gasteiger partial charge is 0.304 e. The number of carbonyl (C=O) groups is 2. The molecule has 0 bridgehead atoms. The van der Waals surface area contributed by atoms with E-state index in [1.807, 2.05) is 11.2 Å². The molecule has 2 fully saturated rings. The van der Waals surface area contributed by atoms with Gasteiger partial charge in [-0.1, -0.05) is 24.3 Å². The van der Waals surface area contributed by atoms with Crippen molar-refractivity contribution >= 4 is 36.8 Å². The predicted molar refractivity (Wildman–Crippen MR) is 126 cm³/mol. The number of halogens is 2. The number of carbonyl (C=O) groups excluding carboxylic acids is 1. The van der Waals surface area contributed by atoms with Crippen LogP contribution in [0.15, 0.2) is 47.7 Å². The van der Waals surface area contributed by atoms with E-state index >= 15 is 0 Å². The van der Waals surface area contributed by atoms with Crippen LogP contribution < -0.4 is 5.43 Å². The average Bonchev–Trinajstić information content (AvgIpc) is 3.50. The molecule has 1 aromatic carbocycles. The van der Waals surface area contributed by atoms with Gasteiger partial charge in [0.1, 0.15) is 5.82 Å². The predicted octanol–water partition coefficient (Wildman–Crippen LogP) is 3.38. The maximum Gasteiger partial charge on any atom is 0.304 e. The van der Waals surface area contributed by atoms with E-state index < -0.39 is 12.0 Å². The number of hydrazine groups is 1. The lowest BCUT2D eigenvalue weighted by molar-refractivity contribution is -0.137. The van der Waals surface area contributed by atoms with Gasteiger partial charge in [0.2, 0.25) is 0 Å². The Morgan fingerprint density at radius 3 is 2.69 bits per heavy atom. The summed E-state index contributed by atoms with van der Waals surface area (Å²) in [6.07, 6.45) is 6.58. The molecule has 2 atom stereocenters. The fraction of sp³-hybridized carbons (Fsp3) is 0.478. The first-order chi connectivity index (χ1) is 14.9. The molecule has 3 aliphatic rings. The summed E-state index contributed by atoms with van der Waals surface area (Å²) < 4.78 is 14.6. The van der Waals surface area contributed by atoms with E-state index in [4.69, 9.17) is 17.7 Å². The summed E-state index contributed by atoms with van der Waals surface area (Å²) in [5, 5.41) is 10.8. The normalized spacial score (nSPS) is 23.9. The summed E-state index contributed by atoms with van der Waals surface area (Å²) in [6, 6.07) is 6.01. The SMILES string of the molecule is Cl.O=C(O)CCN1CC(C=C2CN(C(C(=O)C3CC3)c3ccccc3F)CCC2S)=CN1. The quantitative estimate of drug-likeness (QED) is 0.494. The molecule has 9 heteroatoms. The third kappa shape index (κ3) is 5.92. The molecule has 1 saturated heterocycles. The molecule has 0 amide bonds. The van der Waals surface area contributed by atoms with Crippen molar-refractivity contribution in [2.45, 2.75) is 37.0 Å². The second-order valence-corrected chi connectivity index (χ2v) is 9.13. The molecule has 174 valence electrons. The number of ketones is 1. The molecule has 1 aromatic rings. The Morgan fingerprint density at radius 2 is 2.00 bits per heavy atom. The van der Waals surface area contributed by atoms with Gasteiger partial charge in [-0.05, 0) is 36.5 Å². The van der Waals surface area contributed by atoms with Crippen LogP contribution in [0.1, 0.15) is 37.3 Å². The Labute approximate surface area is 199 Å². The fourth-order valence-corrected chi connectivity index (χ4v) is 4.53. The van der Waals surface area contributed by atoms with Crippen molar-refractivity contribution in [3.8, 4) is 0 Å². The number of benzene rings is 1. The lowest BCUT2D eigenvalue weighted by atomic mass is 9.93. The topological polar surface area (TPSA) is 72.9 Å². The van der Waals surface area contributed by atoms with Crippen LogP contribution in [0.4, 0.5) is 4.39 Å². The minimum absolute atomic E-state index is 0. The Kier molecular flexibility index (Phi) is 8.38. The van der Waals surface area contributed by atoms with Crippen molar-refractivity contribution in [3.63, 3.8) is 0 Å². The maximum absolute atomic E-state index is 14.6. The van der Waals surface area contributed by atoms with E-state index in [0.717, 1.165) is 30.4 Å². The second-order valence-electron chi connectivity index (χ2n) is 8.51. The number of thiol groups is 1. The number of carboxylic acids is 1. The van der Waals surface area contributed by atoms with Crippen LogP contribution in [-0.2, 0) is 9.59 Å². The monoisotopic (exact) mass is 481 g/mol. The van der Waals surface area contributed by atoms with Crippen molar-refractivity contribution < 1.29 is 19.1 Å². The number of Topliss-reactive ketones (excluding diaryl/α,β-unsaturated/α-hetero) is 1. The van der Waals surface area contributed by atoms with Crippen molar-refractivity contribution in [2.75, 3.05) is 26.2 Å². The Morgan fingerprint density at radius 1 is 1.25 bits per heavy atom. The van der Waals surface area contributed by atoms with Gasteiger partial charge >= 0.3 is 5.97 Å². The van der Waals surface area contributed by atoms with E-state index in [2.05, 4.69) is 16.4 Å². The Hall–Kier alpha value is -1.87. The van der Waals surface area contributed by atoms with E-state index in [9.17, 15) is 14.0 Å². The first-order valence-corrected chi connectivity index (χ1v) is 11.3. The van der Waals surface area contributed by atoms with Crippen molar-refractivity contribution in [1.82, 2.24) is 15.3 Å². The molecule has 0 aromatic heterocycles. The van der Waals surface area contributed by atoms with Crippen molar-refractivity contribution in [2.24, 2.45) is 5.92 Å². The number of hydrogen-bond acceptors (Lipinski definition) is 6. The standard InChI is InChI=1S/C23H28FN3O3S.ClH/c24-19-4-2-1-3-18(19)22(23(30)16-5-6-16)26-9-7-20(31)17(14-26)11-15-12-25-27(13-15)10-8-21(28)29;/h1-4,11-12,16,20,22,25,31H,5-10,13-14H2,(H,28,29);1H. The minimum atomic E-state index is -0.827. The molecule has 1 saturated carbocycles. The summed E-state index contributed by atoms with van der Waals surface area (Å²) in [5.74, 6) is -1.01. The molecular formula is C23H29ClFN3O3S. The number of piperidine rings is 1. The largest absolute Gasteiger partial charge is 0.481 e. The van der Waals surface area contributed by atoms with Gasteiger partial charge in [-0.3, -0.25) is 14.5 Å². The summed E-state index contributed by atoms with van der Waals surface area (Å²) in [4.78, 5) is 26.0. The van der Waals surface area contributed by atoms with Crippen molar-refractivity contribution in [1.29, 1.82) is 0 Å². The van der Waals surface area contributed by atoms with Gasteiger partial charge in [0.05, 0.1) is 12.5 Å². The summed E-state index contributed by atoms with van der Waals surface area (Å²) >= 11 is 4.75. The van der Waals surface area contributed by atoms with Crippen LogP contribution in [-0.4, -0.2) is 58.2 Å². The number of carboxylic acid groups (broad SMARTS) is 1. The first-order valence-electron chi connectivity index (χ1n) is 10.7. The second kappa shape index (κ2) is 10.8. The number of hydrogen-bond donors (Lipinski definition) is 3. The molecule has 0 radical (unpaired) electrons. The zero-order valence-corrected chi connectivity index (χ0v) is 19.5. The molecule has 0 spiro atoms. The third-order valence-corrected chi connectivity index (χ3v) is 6.68. The van der Waals surface area contributed by atoms with Gasteiger partial charge in [0.25, 0.3) is 0 Å². The molecular weight excluding hydrogens is 453 g/mol. The lowest BCUT2D eigenvalue weighted by Crippen LogP contribution is -2.42. The summed E-state index contributed by atoms with van der Waals surface area (Å²) in [6.45, 7) is 2.26. The first kappa shape index (κ1) is 24.8. The summed E-state index contributed by atoms with van der Waals surface area (Å²) in [7, 11) is 0. The average molecular weight is 482 g/mol. The van der Waals surface area contributed by atoms with Gasteiger partial charge in [-0.25, -0.2) is 9.40 Å². The van der Waals surface area contributed by atoms with Gasteiger partial charge in [-0.2, -0.15) is 12.6 Å². The Balaban J connectivity index is 0.00000289. The minimum Gasteiger partial charge on any atom is -0.481 e. The van der Waals surface area contributed by atoms with Crippen molar-refractivity contribution in [3.05, 3.63) is 59.1 Å². The van der Waals surface area contributed by atoms with Crippen LogP contribution in [0, 0.1) is 11.7 Å². The molecule has 4 rings (SSSR count). The van der Waals surface area contributed by atoms with Gasteiger partial charge in [-0.15, -0.1) is 12.4 Å². The molecule has 6 nitrogen and oxygen atoms in total. The molecule has 2 N–H and O–H groups in total. The van der Waals surface area contributed by atoms with Gasteiger partial charge in [0, 0.05) is 49.1 Å². The number of nitrogens with one attached hydrogen (secondary N) is 1. The highest BCUT2D eigenvalue weighted by Crippen LogP contribution is 2.39. The van der Waals surface area contributed by atoms with E-state index in [-0.39, 0.29) is 41.6 Å². The van der Waals surface area contributed by atoms with Crippen LogP contribution in [0.2, 0.25) is 0 Å². The van der Waals surface area contributed by atoms with Gasteiger partial charge in [0.15, 0.2) is 5.78 Å². The highest BCUT2D eigenvalue weighted by atomic mass is 35.5. The highest BCUT2D eigenvalue weighted by Gasteiger charge is 2.40. The number of likely N-dealkylation sites (tertiary alicyclic amines) is 1. The highest BCUT2D eigenvalue weighted by molar-refractivity contribution is 7.81. The molecule has 1 aliphatic carbocycles. The number of rotatable bonds is 8. The lowest BCUT2D eigenvalue weighted by Gasteiger charge is -2.37. The summed E-state index contributed by atoms with van der Waals surface area (Å²) in [5.41, 5.74) is 5.68. The number of nitrogens with zero attached hydrogens (tertiary/aromatic N) is 2. The van der Waals surface area contributed by atoms with Crippen LogP contribution in [0.3, 0.4) is 0 Å². The molecule has 2 unspecified atom stereocenters. The van der Waals surface area contributed by atoms with Crippen LogP contribution >= 0.6 is 25.0 Å². The Bertz CT molecular complexity index is 922. The molecule has 32 heavy (non-hydrogen) atoms. The van der Waals surface area contributed by atoms with E-state index in [0.29, 0.717) is 31.7 Å². The van der Waals surface area contributed by atoms with Crippen LogP contribution in [0.5, 0.6) is 0 Å². The maximum atomic E-state index is 14.6. The zero-order chi connectivity index (χ0) is 22.0. The molecule has 2 heterocycles. The van der Waals surface area contributed by atoms with E-state index in [1.165, 1.54) is 6.07 Å². The fourth-order valence-electron chi connectivity index (χ4n) is 4.26. The van der Waals surface area contributed by atoms with Gasteiger partial charge < -0.3 is 10.5 Å².